The van der Waals surface area contributed by atoms with Crippen molar-refractivity contribution in [2.45, 2.75) is 32.8 Å². The van der Waals surface area contributed by atoms with Gasteiger partial charge in [-0.3, -0.25) is 9.59 Å². The van der Waals surface area contributed by atoms with Gasteiger partial charge in [0.2, 0.25) is 0 Å². The minimum Gasteiger partial charge on any atom is -0.493 e. The first-order chi connectivity index (χ1) is 13.9. The quantitative estimate of drug-likeness (QED) is 0.775. The van der Waals surface area contributed by atoms with E-state index >= 15 is 0 Å². The van der Waals surface area contributed by atoms with Crippen LogP contribution in [0.25, 0.3) is 0 Å². The highest BCUT2D eigenvalue weighted by molar-refractivity contribution is 6.06. The second-order valence-electron chi connectivity index (χ2n) is 6.88. The van der Waals surface area contributed by atoms with Crippen molar-refractivity contribution in [1.29, 1.82) is 0 Å². The number of aryl methyl sites for hydroxylation is 2. The molecule has 0 aliphatic carbocycles. The summed E-state index contributed by atoms with van der Waals surface area (Å²) in [4.78, 5) is 29.6. The van der Waals surface area contributed by atoms with E-state index in [1.807, 2.05) is 19.9 Å². The van der Waals surface area contributed by atoms with Crippen LogP contribution >= 0.6 is 0 Å². The number of aromatic nitrogens is 1. The van der Waals surface area contributed by atoms with Crippen molar-refractivity contribution in [2.24, 2.45) is 0 Å². The highest BCUT2D eigenvalue weighted by Gasteiger charge is 2.26. The number of anilines is 2. The van der Waals surface area contributed by atoms with Gasteiger partial charge in [0.1, 0.15) is 11.9 Å². The second kappa shape index (κ2) is 8.91. The van der Waals surface area contributed by atoms with Crippen molar-refractivity contribution in [3.63, 3.8) is 0 Å². The SMILES string of the molecule is COc1cc(C(=O)Nc2cc(C)cc(C)n2)cc(NC(=O)C2CCCO2)c1OC. The van der Waals surface area contributed by atoms with E-state index in [0.29, 0.717) is 41.6 Å². The van der Waals surface area contributed by atoms with Crippen LogP contribution in [0, 0.1) is 13.8 Å². The lowest BCUT2D eigenvalue weighted by atomic mass is 10.1. The first kappa shape index (κ1) is 20.6. The van der Waals surface area contributed by atoms with E-state index in [0.717, 1.165) is 17.7 Å². The largest absolute Gasteiger partial charge is 0.493 e. The monoisotopic (exact) mass is 399 g/mol. The van der Waals surface area contributed by atoms with Gasteiger partial charge in [-0.1, -0.05) is 0 Å². The Morgan fingerprint density at radius 2 is 1.90 bits per heavy atom. The fraction of sp³-hybridized carbons (Fsp3) is 0.381. The van der Waals surface area contributed by atoms with Crippen LogP contribution in [0.1, 0.15) is 34.5 Å². The molecule has 1 unspecified atom stereocenters. The molecule has 29 heavy (non-hydrogen) atoms. The van der Waals surface area contributed by atoms with Gasteiger partial charge < -0.3 is 24.8 Å². The number of hydrogen-bond acceptors (Lipinski definition) is 6. The summed E-state index contributed by atoms with van der Waals surface area (Å²) in [7, 11) is 2.94. The summed E-state index contributed by atoms with van der Waals surface area (Å²) in [6.45, 7) is 4.35. The highest BCUT2D eigenvalue weighted by atomic mass is 16.5. The molecule has 8 nitrogen and oxygen atoms in total. The summed E-state index contributed by atoms with van der Waals surface area (Å²) < 4.78 is 16.2. The van der Waals surface area contributed by atoms with E-state index in [4.69, 9.17) is 14.2 Å². The Hall–Kier alpha value is -3.13. The normalized spacial score (nSPS) is 15.7. The standard InChI is InChI=1S/C21H25N3O5/c1-12-8-13(2)22-18(9-12)24-20(25)14-10-15(19(28-4)17(11-14)27-3)23-21(26)16-6-5-7-29-16/h8-11,16H,5-7H2,1-4H3,(H,23,26)(H,22,24,25). The maximum Gasteiger partial charge on any atom is 0.257 e. The molecule has 1 aliphatic rings. The molecule has 0 spiro atoms. The van der Waals surface area contributed by atoms with Crippen LogP contribution in [0.15, 0.2) is 24.3 Å². The van der Waals surface area contributed by atoms with Crippen molar-refractivity contribution in [3.05, 3.63) is 41.1 Å². The first-order valence-corrected chi connectivity index (χ1v) is 9.36. The number of amides is 2. The Morgan fingerprint density at radius 3 is 2.52 bits per heavy atom. The van der Waals surface area contributed by atoms with Crippen molar-refractivity contribution in [3.8, 4) is 11.5 Å². The van der Waals surface area contributed by atoms with Gasteiger partial charge in [-0.2, -0.15) is 0 Å². The molecule has 1 saturated heterocycles. The summed E-state index contributed by atoms with van der Waals surface area (Å²) in [5, 5.41) is 5.57. The molecule has 1 aromatic carbocycles. The van der Waals surface area contributed by atoms with Gasteiger partial charge in [0, 0.05) is 17.9 Å². The van der Waals surface area contributed by atoms with Gasteiger partial charge in [0.25, 0.3) is 11.8 Å². The summed E-state index contributed by atoms with van der Waals surface area (Å²) >= 11 is 0. The van der Waals surface area contributed by atoms with Crippen molar-refractivity contribution < 1.29 is 23.8 Å². The Kier molecular flexibility index (Phi) is 6.33. The summed E-state index contributed by atoms with van der Waals surface area (Å²) in [5.41, 5.74) is 2.43. The van der Waals surface area contributed by atoms with E-state index in [2.05, 4.69) is 15.6 Å². The Morgan fingerprint density at radius 1 is 1.10 bits per heavy atom. The molecule has 0 saturated carbocycles. The molecule has 2 amide bonds. The van der Waals surface area contributed by atoms with Gasteiger partial charge >= 0.3 is 0 Å². The number of carbonyl (C=O) groups is 2. The minimum atomic E-state index is -0.511. The molecule has 2 heterocycles. The average molecular weight is 399 g/mol. The van der Waals surface area contributed by atoms with Crippen LogP contribution in [0.5, 0.6) is 11.5 Å². The summed E-state index contributed by atoms with van der Waals surface area (Å²) in [5.74, 6) is 0.454. The Labute approximate surface area is 169 Å². The van der Waals surface area contributed by atoms with E-state index in [9.17, 15) is 9.59 Å². The fourth-order valence-corrected chi connectivity index (χ4v) is 3.28. The molecular formula is C21H25N3O5. The molecule has 1 aromatic heterocycles. The zero-order valence-corrected chi connectivity index (χ0v) is 17.0. The van der Waals surface area contributed by atoms with Crippen LogP contribution in [0.3, 0.4) is 0 Å². The molecule has 8 heteroatoms. The third-order valence-electron chi connectivity index (χ3n) is 4.56. The smallest absolute Gasteiger partial charge is 0.257 e. The lowest BCUT2D eigenvalue weighted by Gasteiger charge is -2.17. The number of methoxy groups -OCH3 is 2. The molecule has 3 rings (SSSR count). The third kappa shape index (κ3) is 4.83. The van der Waals surface area contributed by atoms with Gasteiger partial charge in [-0.25, -0.2) is 4.98 Å². The maximum atomic E-state index is 12.8. The molecule has 154 valence electrons. The summed E-state index contributed by atoms with van der Waals surface area (Å²) in [6, 6.07) is 6.81. The van der Waals surface area contributed by atoms with E-state index in [1.54, 1.807) is 18.2 Å². The number of nitrogens with zero attached hydrogens (tertiary/aromatic N) is 1. The van der Waals surface area contributed by atoms with Crippen LogP contribution in [0.2, 0.25) is 0 Å². The predicted molar refractivity (Wildman–Crippen MR) is 109 cm³/mol. The Balaban J connectivity index is 1.89. The minimum absolute atomic E-state index is 0.281. The first-order valence-electron chi connectivity index (χ1n) is 9.36. The van der Waals surface area contributed by atoms with Crippen LogP contribution in [0.4, 0.5) is 11.5 Å². The third-order valence-corrected chi connectivity index (χ3v) is 4.56. The summed E-state index contributed by atoms with van der Waals surface area (Å²) in [6.07, 6.45) is 0.982. The lowest BCUT2D eigenvalue weighted by Crippen LogP contribution is -2.27. The van der Waals surface area contributed by atoms with Crippen molar-refractivity contribution in [2.75, 3.05) is 31.5 Å². The number of benzene rings is 1. The van der Waals surface area contributed by atoms with Gasteiger partial charge in [0.05, 0.1) is 19.9 Å². The molecule has 1 aliphatic heterocycles. The molecule has 0 radical (unpaired) electrons. The number of hydrogen-bond donors (Lipinski definition) is 2. The number of nitrogens with one attached hydrogen (secondary N) is 2. The number of ether oxygens (including phenoxy) is 3. The zero-order valence-electron chi connectivity index (χ0n) is 17.0. The van der Waals surface area contributed by atoms with Gasteiger partial charge in [-0.05, 0) is 56.5 Å². The van der Waals surface area contributed by atoms with E-state index < -0.39 is 6.10 Å². The van der Waals surface area contributed by atoms with Crippen LogP contribution < -0.4 is 20.1 Å². The van der Waals surface area contributed by atoms with Crippen molar-refractivity contribution >= 4 is 23.3 Å². The van der Waals surface area contributed by atoms with Crippen LogP contribution in [-0.4, -0.2) is 43.7 Å². The van der Waals surface area contributed by atoms with E-state index in [-0.39, 0.29) is 11.8 Å². The van der Waals surface area contributed by atoms with Gasteiger partial charge in [0.15, 0.2) is 11.5 Å². The molecular weight excluding hydrogens is 374 g/mol. The topological polar surface area (TPSA) is 98.8 Å². The number of rotatable bonds is 6. The predicted octanol–water partition coefficient (Wildman–Crippen LogP) is 3.09. The van der Waals surface area contributed by atoms with Gasteiger partial charge in [-0.15, -0.1) is 0 Å². The lowest BCUT2D eigenvalue weighted by molar-refractivity contribution is -0.124. The number of carbonyl (C=O) groups excluding carboxylic acids is 2. The zero-order chi connectivity index (χ0) is 21.0. The highest BCUT2D eigenvalue weighted by Crippen LogP contribution is 2.37. The molecule has 2 N–H and O–H groups in total. The second-order valence-corrected chi connectivity index (χ2v) is 6.88. The molecule has 1 fully saturated rings. The molecule has 2 aromatic rings. The Bertz CT molecular complexity index is 903. The maximum absolute atomic E-state index is 12.8. The fourth-order valence-electron chi connectivity index (χ4n) is 3.28. The van der Waals surface area contributed by atoms with E-state index in [1.165, 1.54) is 14.2 Å². The van der Waals surface area contributed by atoms with Crippen LogP contribution in [-0.2, 0) is 9.53 Å². The van der Waals surface area contributed by atoms with Crippen molar-refractivity contribution in [1.82, 2.24) is 4.98 Å². The molecule has 0 bridgehead atoms. The molecule has 1 atom stereocenters. The number of pyridine rings is 1. The average Bonchev–Trinajstić information content (AvgIpc) is 3.21.